The number of hydrogen-bond acceptors (Lipinski definition) is 2. The lowest BCUT2D eigenvalue weighted by molar-refractivity contribution is 0.310. The molecule has 0 radical (unpaired) electrons. The van der Waals surface area contributed by atoms with E-state index >= 15 is 0 Å². The fourth-order valence-electron chi connectivity index (χ4n) is 3.13. The van der Waals surface area contributed by atoms with Crippen LogP contribution in [0.15, 0.2) is 66.7 Å². The van der Waals surface area contributed by atoms with Gasteiger partial charge in [-0.05, 0) is 49.2 Å². The molecule has 1 heterocycles. The van der Waals surface area contributed by atoms with Crippen molar-refractivity contribution in [2.45, 2.75) is 20.5 Å². The lowest BCUT2D eigenvalue weighted by Crippen LogP contribution is -2.11. The van der Waals surface area contributed by atoms with Crippen LogP contribution >= 0.6 is 0 Å². The molecule has 1 aliphatic heterocycles. The number of hydrogen-bond donors (Lipinski definition) is 0. The Kier molecular flexibility index (Phi) is 3.30. The molecule has 23 heavy (non-hydrogen) atoms. The molecule has 114 valence electrons. The standard InChI is InChI=1S/C21H19NO/c1-15-11-12-20-21(13-15)23-14-17-8-4-6-10-19(17)22(20)18-9-5-3-7-16(18)2/h3-13H,14H2,1-2H3. The molecule has 0 spiro atoms. The average molecular weight is 301 g/mol. The smallest absolute Gasteiger partial charge is 0.144 e. The quantitative estimate of drug-likeness (QED) is 0.574. The van der Waals surface area contributed by atoms with Gasteiger partial charge in [-0.2, -0.15) is 0 Å². The highest BCUT2D eigenvalue weighted by atomic mass is 16.5. The molecule has 4 rings (SSSR count). The van der Waals surface area contributed by atoms with E-state index in [-0.39, 0.29) is 0 Å². The topological polar surface area (TPSA) is 12.5 Å². The van der Waals surface area contributed by atoms with Gasteiger partial charge in [-0.3, -0.25) is 0 Å². The normalized spacial score (nSPS) is 12.9. The molecule has 0 N–H and O–H groups in total. The lowest BCUT2D eigenvalue weighted by Gasteiger charge is -2.27. The van der Waals surface area contributed by atoms with Gasteiger partial charge in [0.15, 0.2) is 0 Å². The van der Waals surface area contributed by atoms with E-state index in [0.717, 1.165) is 11.4 Å². The van der Waals surface area contributed by atoms with Gasteiger partial charge >= 0.3 is 0 Å². The molecule has 0 bridgehead atoms. The molecule has 3 aromatic carbocycles. The van der Waals surface area contributed by atoms with Gasteiger partial charge in [-0.15, -0.1) is 0 Å². The Bertz CT molecular complexity index is 869. The first-order valence-corrected chi connectivity index (χ1v) is 7.91. The first-order valence-electron chi connectivity index (χ1n) is 7.91. The van der Waals surface area contributed by atoms with Crippen LogP contribution < -0.4 is 9.64 Å². The van der Waals surface area contributed by atoms with E-state index in [1.807, 2.05) is 0 Å². The zero-order chi connectivity index (χ0) is 15.8. The molecule has 1 aliphatic rings. The van der Waals surface area contributed by atoms with Crippen molar-refractivity contribution < 1.29 is 4.74 Å². The maximum atomic E-state index is 6.11. The maximum absolute atomic E-state index is 6.11. The highest BCUT2D eigenvalue weighted by Crippen LogP contribution is 2.45. The van der Waals surface area contributed by atoms with Crippen molar-refractivity contribution in [3.05, 3.63) is 83.4 Å². The molecule has 0 atom stereocenters. The van der Waals surface area contributed by atoms with Crippen molar-refractivity contribution in [3.8, 4) is 5.75 Å². The SMILES string of the molecule is Cc1ccc2c(c1)OCc1ccccc1N2c1ccccc1C. The molecule has 0 unspecified atom stereocenters. The molecule has 0 fully saturated rings. The number of nitrogens with zero attached hydrogens (tertiary/aromatic N) is 1. The number of para-hydroxylation sites is 2. The third-order valence-electron chi connectivity index (χ3n) is 4.33. The van der Waals surface area contributed by atoms with E-state index < -0.39 is 0 Å². The Labute approximate surface area is 137 Å². The fourth-order valence-corrected chi connectivity index (χ4v) is 3.13. The fraction of sp³-hybridized carbons (Fsp3) is 0.143. The molecule has 0 amide bonds. The minimum Gasteiger partial charge on any atom is -0.487 e. The number of ether oxygens (including phenoxy) is 1. The molecule has 0 aromatic heterocycles. The van der Waals surface area contributed by atoms with Crippen molar-refractivity contribution in [3.63, 3.8) is 0 Å². The third kappa shape index (κ3) is 2.36. The highest BCUT2D eigenvalue weighted by Gasteiger charge is 2.23. The summed E-state index contributed by atoms with van der Waals surface area (Å²) in [6.45, 7) is 4.84. The Morgan fingerprint density at radius 1 is 0.783 bits per heavy atom. The average Bonchev–Trinajstić information content (AvgIpc) is 2.72. The Morgan fingerprint density at radius 2 is 1.52 bits per heavy atom. The van der Waals surface area contributed by atoms with Gasteiger partial charge in [0.05, 0.1) is 11.4 Å². The van der Waals surface area contributed by atoms with Crippen molar-refractivity contribution in [1.82, 2.24) is 0 Å². The predicted molar refractivity (Wildman–Crippen MR) is 94.9 cm³/mol. The zero-order valence-corrected chi connectivity index (χ0v) is 13.4. The Hall–Kier alpha value is -2.74. The summed E-state index contributed by atoms with van der Waals surface area (Å²) in [4.78, 5) is 2.31. The highest BCUT2D eigenvalue weighted by molar-refractivity contribution is 5.83. The molecular formula is C21H19NO. The number of rotatable bonds is 1. The summed E-state index contributed by atoms with van der Waals surface area (Å²) in [5, 5.41) is 0. The van der Waals surface area contributed by atoms with E-state index in [9.17, 15) is 0 Å². The van der Waals surface area contributed by atoms with Gasteiger partial charge < -0.3 is 9.64 Å². The van der Waals surface area contributed by atoms with Gasteiger partial charge in [-0.1, -0.05) is 42.5 Å². The molecule has 0 saturated heterocycles. The molecule has 2 heteroatoms. The summed E-state index contributed by atoms with van der Waals surface area (Å²) in [6.07, 6.45) is 0. The van der Waals surface area contributed by atoms with Crippen molar-refractivity contribution >= 4 is 17.1 Å². The van der Waals surface area contributed by atoms with Gasteiger partial charge in [0.25, 0.3) is 0 Å². The van der Waals surface area contributed by atoms with E-state index in [2.05, 4.69) is 85.5 Å². The van der Waals surface area contributed by atoms with Crippen LogP contribution in [0.25, 0.3) is 0 Å². The predicted octanol–water partition coefficient (Wildman–Crippen LogP) is 5.67. The summed E-state index contributed by atoms with van der Waals surface area (Å²) in [6, 6.07) is 23.4. The maximum Gasteiger partial charge on any atom is 0.144 e. The second-order valence-electron chi connectivity index (χ2n) is 6.01. The first kappa shape index (κ1) is 13.9. The van der Waals surface area contributed by atoms with E-state index in [1.165, 1.54) is 28.1 Å². The van der Waals surface area contributed by atoms with Crippen molar-refractivity contribution in [2.75, 3.05) is 4.90 Å². The summed E-state index contributed by atoms with van der Waals surface area (Å²) < 4.78 is 6.11. The van der Waals surface area contributed by atoms with E-state index in [4.69, 9.17) is 4.74 Å². The Balaban J connectivity index is 2.01. The number of fused-ring (bicyclic) bond motifs is 2. The summed E-state index contributed by atoms with van der Waals surface area (Å²) >= 11 is 0. The van der Waals surface area contributed by atoms with Crippen LogP contribution in [0.2, 0.25) is 0 Å². The molecular weight excluding hydrogens is 282 g/mol. The van der Waals surface area contributed by atoms with Crippen LogP contribution in [0.1, 0.15) is 16.7 Å². The second kappa shape index (κ2) is 5.47. The van der Waals surface area contributed by atoms with Crippen molar-refractivity contribution in [2.24, 2.45) is 0 Å². The largest absolute Gasteiger partial charge is 0.487 e. The van der Waals surface area contributed by atoms with Crippen LogP contribution in [-0.4, -0.2) is 0 Å². The van der Waals surface area contributed by atoms with E-state index in [0.29, 0.717) is 6.61 Å². The Morgan fingerprint density at radius 3 is 2.35 bits per heavy atom. The molecule has 0 aliphatic carbocycles. The van der Waals surface area contributed by atoms with Crippen molar-refractivity contribution in [1.29, 1.82) is 0 Å². The monoisotopic (exact) mass is 301 g/mol. The minimum atomic E-state index is 0.592. The molecule has 3 aromatic rings. The number of anilines is 3. The van der Waals surface area contributed by atoms with Crippen LogP contribution in [0, 0.1) is 13.8 Å². The van der Waals surface area contributed by atoms with Crippen LogP contribution in [0.3, 0.4) is 0 Å². The molecule has 2 nitrogen and oxygen atoms in total. The van der Waals surface area contributed by atoms with Gasteiger partial charge in [0.2, 0.25) is 0 Å². The first-order chi connectivity index (χ1) is 11.2. The summed E-state index contributed by atoms with van der Waals surface area (Å²) in [5.74, 6) is 0.935. The second-order valence-corrected chi connectivity index (χ2v) is 6.01. The molecule has 0 saturated carbocycles. The number of benzene rings is 3. The van der Waals surface area contributed by atoms with Gasteiger partial charge in [0.1, 0.15) is 12.4 Å². The summed E-state index contributed by atoms with van der Waals surface area (Å²) in [7, 11) is 0. The van der Waals surface area contributed by atoms with Crippen LogP contribution in [0.4, 0.5) is 17.1 Å². The third-order valence-corrected chi connectivity index (χ3v) is 4.33. The summed E-state index contributed by atoms with van der Waals surface area (Å²) in [5.41, 5.74) is 7.12. The van der Waals surface area contributed by atoms with E-state index in [1.54, 1.807) is 0 Å². The van der Waals surface area contributed by atoms with Crippen LogP contribution in [-0.2, 0) is 6.61 Å². The number of aryl methyl sites for hydroxylation is 2. The lowest BCUT2D eigenvalue weighted by atomic mass is 10.1. The zero-order valence-electron chi connectivity index (χ0n) is 13.4. The minimum absolute atomic E-state index is 0.592. The van der Waals surface area contributed by atoms with Crippen LogP contribution in [0.5, 0.6) is 5.75 Å². The van der Waals surface area contributed by atoms with Gasteiger partial charge in [-0.25, -0.2) is 0 Å². The van der Waals surface area contributed by atoms with Gasteiger partial charge in [0, 0.05) is 11.3 Å².